The predicted molar refractivity (Wildman–Crippen MR) is 69.3 cm³/mol. The lowest BCUT2D eigenvalue weighted by molar-refractivity contribution is -0.125. The molecule has 2 rings (SSSR count). The molecule has 96 valence electrons. The quantitative estimate of drug-likeness (QED) is 0.711. The normalized spacial score (nSPS) is 22.8. The van der Waals surface area contributed by atoms with Gasteiger partial charge in [0, 0.05) is 6.42 Å². The molecule has 0 bridgehead atoms. The highest BCUT2D eigenvalue weighted by molar-refractivity contribution is 5.80. The van der Waals surface area contributed by atoms with Gasteiger partial charge in [0.05, 0.1) is 5.70 Å². The van der Waals surface area contributed by atoms with Crippen molar-refractivity contribution in [1.29, 1.82) is 0 Å². The van der Waals surface area contributed by atoms with Crippen LogP contribution in [-0.4, -0.2) is 12.5 Å². The van der Waals surface area contributed by atoms with Crippen LogP contribution in [0.2, 0.25) is 0 Å². The molecule has 1 amide bonds. The second-order valence-electron chi connectivity index (χ2n) is 4.01. The first-order valence-electron chi connectivity index (χ1n) is 6.62. The number of hydrogen-bond donors (Lipinski definition) is 1. The van der Waals surface area contributed by atoms with Crippen LogP contribution in [0.25, 0.3) is 0 Å². The summed E-state index contributed by atoms with van der Waals surface area (Å²) in [5.41, 5.74) is 2.50. The van der Waals surface area contributed by atoms with Crippen molar-refractivity contribution >= 4 is 5.91 Å². The minimum absolute atomic E-state index is 0.0194. The van der Waals surface area contributed by atoms with Crippen molar-refractivity contribution in [2.45, 2.75) is 52.9 Å². The molecule has 1 aliphatic carbocycles. The zero-order valence-electron chi connectivity index (χ0n) is 11.1. The van der Waals surface area contributed by atoms with Crippen molar-refractivity contribution in [2.75, 3.05) is 6.61 Å². The van der Waals surface area contributed by atoms with Gasteiger partial charge in [-0.2, -0.15) is 0 Å². The van der Waals surface area contributed by atoms with Crippen LogP contribution in [0.1, 0.15) is 52.9 Å². The predicted octanol–water partition coefficient (Wildman–Crippen LogP) is 3.28. The maximum atomic E-state index is 11.2. The van der Waals surface area contributed by atoms with E-state index in [-0.39, 0.29) is 12.5 Å². The van der Waals surface area contributed by atoms with E-state index in [4.69, 9.17) is 4.74 Å². The van der Waals surface area contributed by atoms with E-state index in [0.29, 0.717) is 0 Å². The van der Waals surface area contributed by atoms with Gasteiger partial charge >= 0.3 is 0 Å². The molecule has 0 saturated carbocycles. The Kier molecular flexibility index (Phi) is 5.81. The minimum Gasteiger partial charge on any atom is -0.486 e. The van der Waals surface area contributed by atoms with Crippen molar-refractivity contribution in [3.8, 4) is 0 Å². The smallest absolute Gasteiger partial charge is 0.262 e. The molecular weight excluding hydrogens is 214 g/mol. The fraction of sp³-hybridized carbons (Fsp3) is 0.643. The zero-order chi connectivity index (χ0) is 12.7. The summed E-state index contributed by atoms with van der Waals surface area (Å²) in [5.74, 6) is 0.939. The molecule has 3 nitrogen and oxygen atoms in total. The lowest BCUT2D eigenvalue weighted by Gasteiger charge is -2.23. The second-order valence-corrected chi connectivity index (χ2v) is 4.01. The van der Waals surface area contributed by atoms with E-state index in [9.17, 15) is 4.79 Å². The summed E-state index contributed by atoms with van der Waals surface area (Å²) in [6, 6.07) is 0. The Hall–Kier alpha value is -1.25. The first-order valence-corrected chi connectivity index (χ1v) is 6.62. The van der Waals surface area contributed by atoms with Gasteiger partial charge in [0.2, 0.25) is 0 Å². The third-order valence-electron chi connectivity index (χ3n) is 2.96. The van der Waals surface area contributed by atoms with E-state index in [1.165, 1.54) is 5.57 Å². The molecule has 1 aliphatic heterocycles. The Bertz CT molecular complexity index is 329. The van der Waals surface area contributed by atoms with Gasteiger partial charge in [0.25, 0.3) is 5.91 Å². The number of rotatable bonds is 1. The Balaban J connectivity index is 0.000000686. The highest BCUT2D eigenvalue weighted by Gasteiger charge is 2.19. The van der Waals surface area contributed by atoms with Crippen LogP contribution in [0.15, 0.2) is 23.1 Å². The van der Waals surface area contributed by atoms with Crippen molar-refractivity contribution in [2.24, 2.45) is 0 Å². The molecule has 3 heteroatoms. The van der Waals surface area contributed by atoms with Gasteiger partial charge in [-0.1, -0.05) is 32.4 Å². The van der Waals surface area contributed by atoms with Gasteiger partial charge in [0.1, 0.15) is 5.76 Å². The first kappa shape index (κ1) is 13.8. The van der Waals surface area contributed by atoms with E-state index in [2.05, 4.69) is 18.3 Å². The largest absolute Gasteiger partial charge is 0.486 e. The Morgan fingerprint density at radius 1 is 1.35 bits per heavy atom. The van der Waals surface area contributed by atoms with Crippen molar-refractivity contribution in [3.63, 3.8) is 0 Å². The molecule has 0 aromatic carbocycles. The average molecular weight is 237 g/mol. The van der Waals surface area contributed by atoms with Gasteiger partial charge in [-0.05, 0) is 25.7 Å². The summed E-state index contributed by atoms with van der Waals surface area (Å²) in [6.45, 7) is 6.36. The minimum atomic E-state index is -0.0194. The SMILES string of the molecule is CC.CC/C1=C/CC2=C(CCC1)NC(=O)CO2. The van der Waals surface area contributed by atoms with E-state index < -0.39 is 0 Å². The van der Waals surface area contributed by atoms with Crippen molar-refractivity contribution in [1.82, 2.24) is 5.32 Å². The van der Waals surface area contributed by atoms with Gasteiger partial charge in [-0.25, -0.2) is 0 Å². The number of hydrogen-bond acceptors (Lipinski definition) is 2. The van der Waals surface area contributed by atoms with Crippen LogP contribution < -0.4 is 5.32 Å². The van der Waals surface area contributed by atoms with Crippen LogP contribution in [0, 0.1) is 0 Å². The summed E-state index contributed by atoms with van der Waals surface area (Å²) in [6.07, 6.45) is 7.36. The van der Waals surface area contributed by atoms with Crippen LogP contribution in [-0.2, 0) is 9.53 Å². The molecule has 0 spiro atoms. The lowest BCUT2D eigenvalue weighted by Crippen LogP contribution is -2.33. The van der Waals surface area contributed by atoms with Gasteiger partial charge in [-0.15, -0.1) is 0 Å². The second kappa shape index (κ2) is 7.15. The van der Waals surface area contributed by atoms with Gasteiger partial charge < -0.3 is 10.1 Å². The number of carbonyl (C=O) groups excluding carboxylic acids is 1. The molecule has 1 heterocycles. The molecule has 17 heavy (non-hydrogen) atoms. The number of amides is 1. The lowest BCUT2D eigenvalue weighted by atomic mass is 9.99. The monoisotopic (exact) mass is 237 g/mol. The van der Waals surface area contributed by atoms with E-state index in [0.717, 1.165) is 43.6 Å². The molecule has 1 N–H and O–H groups in total. The van der Waals surface area contributed by atoms with E-state index >= 15 is 0 Å². The number of nitrogens with one attached hydrogen (secondary N) is 1. The van der Waals surface area contributed by atoms with Crippen molar-refractivity contribution in [3.05, 3.63) is 23.1 Å². The molecule has 0 unspecified atom stereocenters. The van der Waals surface area contributed by atoms with E-state index in [1.54, 1.807) is 0 Å². The molecule has 2 aliphatic rings. The topological polar surface area (TPSA) is 38.3 Å². The molecule has 0 aromatic rings. The third kappa shape index (κ3) is 3.91. The molecule has 0 aromatic heterocycles. The molecule has 0 saturated heterocycles. The van der Waals surface area contributed by atoms with Gasteiger partial charge in [-0.3, -0.25) is 4.79 Å². The maximum Gasteiger partial charge on any atom is 0.262 e. The van der Waals surface area contributed by atoms with Crippen LogP contribution in [0.3, 0.4) is 0 Å². The molecule has 0 fully saturated rings. The van der Waals surface area contributed by atoms with Crippen molar-refractivity contribution < 1.29 is 9.53 Å². The maximum absolute atomic E-state index is 11.2. The number of ether oxygens (including phenoxy) is 1. The summed E-state index contributed by atoms with van der Waals surface area (Å²) < 4.78 is 5.45. The zero-order valence-corrected chi connectivity index (χ0v) is 11.1. The highest BCUT2D eigenvalue weighted by atomic mass is 16.5. The van der Waals surface area contributed by atoms with Crippen LogP contribution in [0.4, 0.5) is 0 Å². The fourth-order valence-electron chi connectivity index (χ4n) is 2.05. The van der Waals surface area contributed by atoms with Crippen LogP contribution >= 0.6 is 0 Å². The number of allylic oxidation sites excluding steroid dienone is 3. The first-order chi connectivity index (χ1) is 8.29. The van der Waals surface area contributed by atoms with Crippen LogP contribution in [0.5, 0.6) is 0 Å². The van der Waals surface area contributed by atoms with Gasteiger partial charge in [0.15, 0.2) is 6.61 Å². The molecule has 0 radical (unpaired) electrons. The Morgan fingerprint density at radius 2 is 2.12 bits per heavy atom. The summed E-state index contributed by atoms with van der Waals surface area (Å²) in [7, 11) is 0. The van der Waals surface area contributed by atoms with E-state index in [1.807, 2.05) is 13.8 Å². The fourth-order valence-corrected chi connectivity index (χ4v) is 2.05. The summed E-state index contributed by atoms with van der Waals surface area (Å²) >= 11 is 0. The molecule has 0 atom stereocenters. The third-order valence-corrected chi connectivity index (χ3v) is 2.96. The highest BCUT2D eigenvalue weighted by Crippen LogP contribution is 2.24. The molecular formula is C14H23NO2. The Morgan fingerprint density at radius 3 is 2.82 bits per heavy atom. The summed E-state index contributed by atoms with van der Waals surface area (Å²) in [5, 5.41) is 2.91. The average Bonchev–Trinajstić information content (AvgIpc) is 2.34. The number of carbonyl (C=O) groups is 1. The standard InChI is InChI=1S/C12H17NO2.C2H6/c1-2-9-4-3-5-10-11(7-6-9)15-8-12(14)13-10;1-2/h6H,2-5,7-8H2,1H3,(H,13,14);1-2H3/b9-6-;. The Labute approximate surface area is 104 Å². The summed E-state index contributed by atoms with van der Waals surface area (Å²) in [4.78, 5) is 11.2.